The lowest BCUT2D eigenvalue weighted by Crippen LogP contribution is -2.45. The Balaban J connectivity index is 0.000000534. The van der Waals surface area contributed by atoms with Crippen molar-refractivity contribution in [2.24, 2.45) is 0 Å². The van der Waals surface area contributed by atoms with Crippen LogP contribution in [0.5, 0.6) is 17.2 Å². The van der Waals surface area contributed by atoms with Gasteiger partial charge in [-0.3, -0.25) is 4.90 Å². The van der Waals surface area contributed by atoms with Gasteiger partial charge in [-0.25, -0.2) is 9.59 Å². The van der Waals surface area contributed by atoms with E-state index in [9.17, 15) is 0 Å². The van der Waals surface area contributed by atoms with Gasteiger partial charge in [0.1, 0.15) is 0 Å². The number of carbonyl (C=O) groups is 2. The van der Waals surface area contributed by atoms with Gasteiger partial charge in [-0.2, -0.15) is 0 Å². The Bertz CT molecular complexity index is 728. The van der Waals surface area contributed by atoms with Crippen LogP contribution in [-0.2, 0) is 16.1 Å². The van der Waals surface area contributed by atoms with Crippen LogP contribution in [0, 0.1) is 0 Å². The van der Waals surface area contributed by atoms with Crippen LogP contribution in [0.1, 0.15) is 44.1 Å². The largest absolute Gasteiger partial charge is 0.493 e. The van der Waals surface area contributed by atoms with Crippen molar-refractivity contribution in [3.8, 4) is 17.2 Å². The molecule has 9 nitrogen and oxygen atoms in total. The summed E-state index contributed by atoms with van der Waals surface area (Å²) in [5, 5.41) is 14.8. The molecule has 0 atom stereocenters. The molecule has 9 heteroatoms. The van der Waals surface area contributed by atoms with Gasteiger partial charge in [0.15, 0.2) is 11.5 Å². The molecule has 0 saturated carbocycles. The van der Waals surface area contributed by atoms with Gasteiger partial charge in [-0.15, -0.1) is 0 Å². The molecule has 1 aromatic rings. The molecule has 2 fully saturated rings. The minimum absolute atomic E-state index is 0.687. The minimum Gasteiger partial charge on any atom is -0.493 e. The van der Waals surface area contributed by atoms with Crippen molar-refractivity contribution in [1.29, 1.82) is 0 Å². The number of piperidine rings is 1. The molecule has 0 bridgehead atoms. The molecule has 1 aromatic carbocycles. The van der Waals surface area contributed by atoms with Crippen molar-refractivity contribution in [3.63, 3.8) is 0 Å². The van der Waals surface area contributed by atoms with E-state index in [0.29, 0.717) is 11.5 Å². The van der Waals surface area contributed by atoms with Gasteiger partial charge in [-0.1, -0.05) is 18.9 Å². The molecular formula is C23H36N2O7. The zero-order valence-electron chi connectivity index (χ0n) is 19.3. The highest BCUT2D eigenvalue weighted by Crippen LogP contribution is 2.40. The third-order valence-electron chi connectivity index (χ3n) is 6.08. The van der Waals surface area contributed by atoms with Crippen LogP contribution in [0.4, 0.5) is 0 Å². The molecule has 32 heavy (non-hydrogen) atoms. The van der Waals surface area contributed by atoms with Gasteiger partial charge in [0.2, 0.25) is 5.75 Å². The smallest absolute Gasteiger partial charge is 0.414 e. The highest BCUT2D eigenvalue weighted by atomic mass is 16.5. The van der Waals surface area contributed by atoms with Crippen LogP contribution in [0.25, 0.3) is 0 Å². The first kappa shape index (κ1) is 25.7. The predicted molar refractivity (Wildman–Crippen MR) is 120 cm³/mol. The summed E-state index contributed by atoms with van der Waals surface area (Å²) in [5.74, 6) is -1.45. The minimum atomic E-state index is -1.82. The van der Waals surface area contributed by atoms with Crippen LogP contribution in [0.2, 0.25) is 0 Å². The number of carboxylic acids is 2. The summed E-state index contributed by atoms with van der Waals surface area (Å²) in [6.45, 7) is 5.80. The number of hydrogen-bond donors (Lipinski definition) is 2. The highest BCUT2D eigenvalue weighted by Gasteiger charge is 2.26. The molecule has 0 aliphatic carbocycles. The number of aliphatic carboxylic acids is 2. The fourth-order valence-electron chi connectivity index (χ4n) is 4.43. The van der Waals surface area contributed by atoms with E-state index in [1.165, 1.54) is 57.2 Å². The van der Waals surface area contributed by atoms with Crippen LogP contribution in [-0.4, -0.2) is 85.5 Å². The number of rotatable bonds is 6. The lowest BCUT2D eigenvalue weighted by atomic mass is 10.0. The van der Waals surface area contributed by atoms with E-state index in [2.05, 4.69) is 15.9 Å². The number of hydrogen-bond acceptors (Lipinski definition) is 7. The SMILES string of the molecule is COc1ccc(CN2CCC(N3CCCCCC3)CC2)c(OC)c1OC.O=C(O)C(=O)O. The molecule has 0 unspecified atom stereocenters. The Morgan fingerprint density at radius 1 is 0.844 bits per heavy atom. The number of benzene rings is 1. The van der Waals surface area contributed by atoms with Crippen molar-refractivity contribution in [2.75, 3.05) is 47.5 Å². The van der Waals surface area contributed by atoms with Crippen LogP contribution in [0.15, 0.2) is 12.1 Å². The van der Waals surface area contributed by atoms with E-state index < -0.39 is 11.9 Å². The zero-order valence-corrected chi connectivity index (χ0v) is 19.3. The Labute approximate surface area is 189 Å². The standard InChI is InChI=1S/C21H34N2O3.C2H2O4/c1-24-19-9-8-17(20(25-2)21(19)26-3)16-22-14-10-18(11-15-22)23-12-6-4-5-7-13-23;3-1(4)2(5)6/h8-9,18H,4-7,10-16H2,1-3H3;(H,3,4)(H,5,6). The molecule has 0 amide bonds. The van der Waals surface area contributed by atoms with Gasteiger partial charge in [0, 0.05) is 18.2 Å². The van der Waals surface area contributed by atoms with E-state index >= 15 is 0 Å². The second-order valence-electron chi connectivity index (χ2n) is 8.06. The Morgan fingerprint density at radius 3 is 1.88 bits per heavy atom. The summed E-state index contributed by atoms with van der Waals surface area (Å²) < 4.78 is 16.6. The van der Waals surface area contributed by atoms with Crippen molar-refractivity contribution in [3.05, 3.63) is 17.7 Å². The normalized spacial score (nSPS) is 18.1. The van der Waals surface area contributed by atoms with Crippen LogP contribution in [0.3, 0.4) is 0 Å². The zero-order chi connectivity index (χ0) is 23.5. The van der Waals surface area contributed by atoms with Crippen LogP contribution >= 0.6 is 0 Å². The highest BCUT2D eigenvalue weighted by molar-refractivity contribution is 6.27. The topological polar surface area (TPSA) is 109 Å². The maximum absolute atomic E-state index is 9.10. The van der Waals surface area contributed by atoms with E-state index in [1.807, 2.05) is 6.07 Å². The van der Waals surface area contributed by atoms with E-state index in [1.54, 1.807) is 21.3 Å². The van der Waals surface area contributed by atoms with Gasteiger partial charge in [0.25, 0.3) is 0 Å². The summed E-state index contributed by atoms with van der Waals surface area (Å²) in [7, 11) is 5.02. The Kier molecular flexibility index (Phi) is 10.6. The van der Waals surface area contributed by atoms with E-state index in [4.69, 9.17) is 34.0 Å². The monoisotopic (exact) mass is 452 g/mol. The van der Waals surface area contributed by atoms with Gasteiger partial charge in [-0.05, 0) is 57.9 Å². The van der Waals surface area contributed by atoms with Crippen LogP contribution < -0.4 is 14.2 Å². The van der Waals surface area contributed by atoms with Crippen molar-refractivity contribution < 1.29 is 34.0 Å². The Hall–Kier alpha value is -2.52. The molecule has 0 aromatic heterocycles. The molecule has 2 saturated heterocycles. The molecule has 2 aliphatic heterocycles. The third kappa shape index (κ3) is 7.27. The van der Waals surface area contributed by atoms with Crippen molar-refractivity contribution in [1.82, 2.24) is 9.80 Å². The van der Waals surface area contributed by atoms with E-state index in [0.717, 1.165) is 31.4 Å². The molecule has 2 aliphatic rings. The van der Waals surface area contributed by atoms with Crippen molar-refractivity contribution >= 4 is 11.9 Å². The third-order valence-corrected chi connectivity index (χ3v) is 6.08. The molecule has 180 valence electrons. The summed E-state index contributed by atoms with van der Waals surface area (Å²) in [4.78, 5) is 23.5. The molecular weight excluding hydrogens is 416 g/mol. The number of likely N-dealkylation sites (tertiary alicyclic amines) is 2. The van der Waals surface area contributed by atoms with Gasteiger partial charge >= 0.3 is 11.9 Å². The number of methoxy groups -OCH3 is 3. The molecule has 3 rings (SSSR count). The maximum atomic E-state index is 9.10. The quantitative estimate of drug-likeness (QED) is 0.630. The predicted octanol–water partition coefficient (Wildman–Crippen LogP) is 2.71. The fraction of sp³-hybridized carbons (Fsp3) is 0.652. The maximum Gasteiger partial charge on any atom is 0.414 e. The lowest BCUT2D eigenvalue weighted by Gasteiger charge is -2.38. The molecule has 2 heterocycles. The summed E-state index contributed by atoms with van der Waals surface area (Å²) in [6.07, 6.45) is 8.13. The van der Waals surface area contributed by atoms with E-state index in [-0.39, 0.29) is 0 Å². The lowest BCUT2D eigenvalue weighted by molar-refractivity contribution is -0.159. The molecule has 0 spiro atoms. The summed E-state index contributed by atoms with van der Waals surface area (Å²) in [5.41, 5.74) is 1.17. The average molecular weight is 453 g/mol. The van der Waals surface area contributed by atoms with Gasteiger partial charge in [0.05, 0.1) is 21.3 Å². The second kappa shape index (κ2) is 13.1. The second-order valence-corrected chi connectivity index (χ2v) is 8.06. The number of carboxylic acid groups (broad SMARTS) is 2. The Morgan fingerprint density at radius 2 is 1.41 bits per heavy atom. The van der Waals surface area contributed by atoms with Gasteiger partial charge < -0.3 is 29.3 Å². The molecule has 2 N–H and O–H groups in total. The summed E-state index contributed by atoms with van der Waals surface area (Å²) >= 11 is 0. The first-order valence-electron chi connectivity index (χ1n) is 11.1. The molecule has 0 radical (unpaired) electrons. The number of nitrogens with zero attached hydrogens (tertiary/aromatic N) is 2. The first-order valence-corrected chi connectivity index (χ1v) is 11.1. The average Bonchev–Trinajstić information content (AvgIpc) is 3.09. The first-order chi connectivity index (χ1) is 15.4. The fourth-order valence-corrected chi connectivity index (χ4v) is 4.43. The summed E-state index contributed by atoms with van der Waals surface area (Å²) in [6, 6.07) is 4.85. The van der Waals surface area contributed by atoms with Crippen molar-refractivity contribution in [2.45, 2.75) is 51.1 Å². The number of ether oxygens (including phenoxy) is 3.